The first-order chi connectivity index (χ1) is 19.7. The average Bonchev–Trinajstić information content (AvgIpc) is 2.97. The van der Waals surface area contributed by atoms with Gasteiger partial charge >= 0.3 is 0 Å². The van der Waals surface area contributed by atoms with Crippen molar-refractivity contribution >= 4 is 24.0 Å². The van der Waals surface area contributed by atoms with E-state index in [0.717, 1.165) is 48.6 Å². The molecule has 0 heterocycles. The van der Waals surface area contributed by atoms with Crippen molar-refractivity contribution in [3.8, 4) is 0 Å². The predicted molar refractivity (Wildman–Crippen MR) is 172 cm³/mol. The van der Waals surface area contributed by atoms with Gasteiger partial charge in [0.1, 0.15) is 0 Å². The number of hydrogen-bond donors (Lipinski definition) is 2. The van der Waals surface area contributed by atoms with Gasteiger partial charge in [-0.1, -0.05) is 76.2 Å². The van der Waals surface area contributed by atoms with Crippen molar-refractivity contribution in [2.45, 2.75) is 109 Å². The van der Waals surface area contributed by atoms with Crippen LogP contribution in [0.5, 0.6) is 0 Å². The number of amides is 2. The van der Waals surface area contributed by atoms with Gasteiger partial charge in [-0.3, -0.25) is 9.59 Å². The summed E-state index contributed by atoms with van der Waals surface area (Å²) in [6, 6.07) is 17.4. The van der Waals surface area contributed by atoms with E-state index in [1.807, 2.05) is 12.2 Å². The molecule has 2 amide bonds. The van der Waals surface area contributed by atoms with Gasteiger partial charge in [-0.15, -0.1) is 0 Å². The summed E-state index contributed by atoms with van der Waals surface area (Å²) >= 11 is 0. The molecule has 41 heavy (non-hydrogen) atoms. The second-order valence-corrected chi connectivity index (χ2v) is 13.0. The standard InChI is InChI=1S/C37H50N2O2/c1-26(2)32-15-5-28(6-16-32)13-23-36(40)38-34-19-9-30(10-20-34)25-31-11-21-35(22-12-31)39-37(41)24-14-29-7-17-33(18-8-29)27(3)4/h5-8,13-18,23-24,26-27,30-31,34-35H,9-12,19-22,25H2,1-4H3,(H,38,40)(H,39,41)/b23-13+,24-14+. The fourth-order valence-electron chi connectivity index (χ4n) is 6.38. The first kappa shape index (κ1) is 30.8. The van der Waals surface area contributed by atoms with Crippen LogP contribution in [0.25, 0.3) is 12.2 Å². The maximum absolute atomic E-state index is 12.5. The first-order valence-corrected chi connectivity index (χ1v) is 15.9. The summed E-state index contributed by atoms with van der Waals surface area (Å²) in [5, 5.41) is 6.45. The normalized spacial score (nSPS) is 23.4. The third kappa shape index (κ3) is 10.0. The fraction of sp³-hybridized carbons (Fsp3) is 0.514. The second-order valence-electron chi connectivity index (χ2n) is 13.0. The van der Waals surface area contributed by atoms with E-state index in [9.17, 15) is 9.59 Å². The van der Waals surface area contributed by atoms with Gasteiger partial charge in [-0.25, -0.2) is 0 Å². The van der Waals surface area contributed by atoms with Crippen LogP contribution in [0.4, 0.5) is 0 Å². The second kappa shape index (κ2) is 15.2. The largest absolute Gasteiger partial charge is 0.350 e. The quantitative estimate of drug-likeness (QED) is 0.290. The zero-order valence-corrected chi connectivity index (χ0v) is 25.6. The molecule has 220 valence electrons. The lowest BCUT2D eigenvalue weighted by Gasteiger charge is -2.34. The number of hydrogen-bond acceptors (Lipinski definition) is 2. The van der Waals surface area contributed by atoms with E-state index < -0.39 is 0 Å². The molecule has 0 unspecified atom stereocenters. The first-order valence-electron chi connectivity index (χ1n) is 15.9. The summed E-state index contributed by atoms with van der Waals surface area (Å²) in [6.07, 6.45) is 17.6. The molecule has 4 heteroatoms. The maximum Gasteiger partial charge on any atom is 0.244 e. The Morgan fingerprint density at radius 3 is 1.27 bits per heavy atom. The lowest BCUT2D eigenvalue weighted by molar-refractivity contribution is -0.118. The Labute approximate surface area is 248 Å². The average molecular weight is 555 g/mol. The Morgan fingerprint density at radius 2 is 0.951 bits per heavy atom. The molecule has 2 aliphatic carbocycles. The van der Waals surface area contributed by atoms with Crippen molar-refractivity contribution in [3.63, 3.8) is 0 Å². The van der Waals surface area contributed by atoms with Crippen LogP contribution in [0.1, 0.15) is 120 Å². The number of carbonyl (C=O) groups is 2. The van der Waals surface area contributed by atoms with E-state index >= 15 is 0 Å². The van der Waals surface area contributed by atoms with Crippen LogP contribution in [0, 0.1) is 11.8 Å². The van der Waals surface area contributed by atoms with Crippen LogP contribution in [0.3, 0.4) is 0 Å². The van der Waals surface area contributed by atoms with Crippen molar-refractivity contribution in [1.82, 2.24) is 10.6 Å². The highest BCUT2D eigenvalue weighted by Gasteiger charge is 2.27. The van der Waals surface area contributed by atoms with Gasteiger partial charge in [-0.05, 0) is 116 Å². The topological polar surface area (TPSA) is 58.2 Å². The van der Waals surface area contributed by atoms with Crippen molar-refractivity contribution in [3.05, 3.63) is 82.9 Å². The molecule has 4 nitrogen and oxygen atoms in total. The van der Waals surface area contributed by atoms with Gasteiger partial charge < -0.3 is 10.6 Å². The van der Waals surface area contributed by atoms with Gasteiger partial charge in [0.15, 0.2) is 0 Å². The Bertz CT molecular complexity index is 1070. The van der Waals surface area contributed by atoms with Crippen molar-refractivity contribution in [2.24, 2.45) is 11.8 Å². The summed E-state index contributed by atoms with van der Waals surface area (Å²) in [5.74, 6) is 2.58. The molecule has 2 aromatic carbocycles. The van der Waals surface area contributed by atoms with Crippen LogP contribution >= 0.6 is 0 Å². The monoisotopic (exact) mass is 554 g/mol. The molecule has 2 aromatic rings. The van der Waals surface area contributed by atoms with E-state index in [1.54, 1.807) is 12.2 Å². The highest BCUT2D eigenvalue weighted by Crippen LogP contribution is 2.35. The minimum absolute atomic E-state index is 0.0145. The summed E-state index contributed by atoms with van der Waals surface area (Å²) in [4.78, 5) is 25.0. The molecule has 0 bridgehead atoms. The van der Waals surface area contributed by atoms with Crippen molar-refractivity contribution in [2.75, 3.05) is 0 Å². The van der Waals surface area contributed by atoms with E-state index in [4.69, 9.17) is 0 Å². The molecule has 4 rings (SSSR count). The number of rotatable bonds is 10. The molecular weight excluding hydrogens is 504 g/mol. The summed E-state index contributed by atoms with van der Waals surface area (Å²) in [6.45, 7) is 8.75. The molecule has 2 aliphatic rings. The Balaban J connectivity index is 1.10. The Kier molecular flexibility index (Phi) is 11.4. The third-order valence-corrected chi connectivity index (χ3v) is 9.11. The molecule has 2 fully saturated rings. The molecule has 0 radical (unpaired) electrons. The van der Waals surface area contributed by atoms with Crippen LogP contribution in [0.2, 0.25) is 0 Å². The number of nitrogens with one attached hydrogen (secondary N) is 2. The number of carbonyl (C=O) groups excluding carboxylic acids is 2. The summed E-state index contributed by atoms with van der Waals surface area (Å²) < 4.78 is 0. The van der Waals surface area contributed by atoms with E-state index in [2.05, 4.69) is 86.9 Å². The van der Waals surface area contributed by atoms with Crippen molar-refractivity contribution < 1.29 is 9.59 Å². The van der Waals surface area contributed by atoms with E-state index in [-0.39, 0.29) is 11.8 Å². The molecule has 2 saturated carbocycles. The minimum Gasteiger partial charge on any atom is -0.350 e. The molecule has 0 aromatic heterocycles. The van der Waals surface area contributed by atoms with Crippen LogP contribution in [-0.4, -0.2) is 23.9 Å². The molecule has 0 atom stereocenters. The Morgan fingerprint density at radius 1 is 0.610 bits per heavy atom. The summed E-state index contributed by atoms with van der Waals surface area (Å²) in [7, 11) is 0. The van der Waals surface area contributed by atoms with Crippen LogP contribution in [0.15, 0.2) is 60.7 Å². The van der Waals surface area contributed by atoms with Crippen molar-refractivity contribution in [1.29, 1.82) is 0 Å². The third-order valence-electron chi connectivity index (χ3n) is 9.11. The van der Waals surface area contributed by atoms with E-state index in [1.165, 1.54) is 43.2 Å². The highest BCUT2D eigenvalue weighted by atomic mass is 16.2. The van der Waals surface area contributed by atoms with Gasteiger partial charge in [0, 0.05) is 24.2 Å². The van der Waals surface area contributed by atoms with Crippen LogP contribution in [-0.2, 0) is 9.59 Å². The van der Waals surface area contributed by atoms with Gasteiger partial charge in [0.05, 0.1) is 0 Å². The van der Waals surface area contributed by atoms with Gasteiger partial charge in [0.25, 0.3) is 0 Å². The zero-order valence-electron chi connectivity index (χ0n) is 25.6. The van der Waals surface area contributed by atoms with Crippen LogP contribution < -0.4 is 10.6 Å². The van der Waals surface area contributed by atoms with E-state index in [0.29, 0.717) is 23.9 Å². The molecule has 0 spiro atoms. The smallest absolute Gasteiger partial charge is 0.244 e. The summed E-state index contributed by atoms with van der Waals surface area (Å²) in [5.41, 5.74) is 4.75. The molecule has 0 saturated heterocycles. The maximum atomic E-state index is 12.5. The Hall–Kier alpha value is -3.14. The van der Waals surface area contributed by atoms with Gasteiger partial charge in [0.2, 0.25) is 11.8 Å². The minimum atomic E-state index is 0.0145. The predicted octanol–water partition coefficient (Wildman–Crippen LogP) is 8.40. The molecular formula is C37H50N2O2. The van der Waals surface area contributed by atoms with Gasteiger partial charge in [-0.2, -0.15) is 0 Å². The zero-order chi connectivity index (χ0) is 29.2. The molecule has 0 aliphatic heterocycles. The lowest BCUT2D eigenvalue weighted by Crippen LogP contribution is -2.38. The lowest BCUT2D eigenvalue weighted by atomic mass is 9.75. The number of benzene rings is 2. The fourth-order valence-corrected chi connectivity index (χ4v) is 6.38. The SMILES string of the molecule is CC(C)c1ccc(/C=C/C(=O)NC2CCC(CC3CCC(NC(=O)/C=C/c4ccc(C(C)C)cc4)CC3)CC2)cc1. The molecule has 2 N–H and O–H groups in total. The highest BCUT2D eigenvalue weighted by molar-refractivity contribution is 5.92.